The summed E-state index contributed by atoms with van der Waals surface area (Å²) in [6.45, 7) is 1.73. The summed E-state index contributed by atoms with van der Waals surface area (Å²) in [6, 6.07) is 0. The quantitative estimate of drug-likeness (QED) is 0.548. The number of nitrogens with one attached hydrogen (secondary N) is 1. The van der Waals surface area contributed by atoms with Crippen LogP contribution in [0, 0.1) is 0 Å². The van der Waals surface area contributed by atoms with Crippen molar-refractivity contribution in [1.82, 2.24) is 4.72 Å². The van der Waals surface area contributed by atoms with E-state index in [1.807, 2.05) is 0 Å². The van der Waals surface area contributed by atoms with Crippen molar-refractivity contribution in [1.29, 1.82) is 0 Å². The lowest BCUT2D eigenvalue weighted by Crippen LogP contribution is -2.10. The van der Waals surface area contributed by atoms with Crippen LogP contribution in [0.15, 0.2) is 11.5 Å². The van der Waals surface area contributed by atoms with Crippen LogP contribution in [0.1, 0.15) is 6.92 Å². The predicted octanol–water partition coefficient (Wildman–Crippen LogP) is -0.0703. The Balaban J connectivity index is 3.48. The molecule has 0 aromatic heterocycles. The lowest BCUT2D eigenvalue weighted by atomic mass is 10.8. The zero-order valence-electron chi connectivity index (χ0n) is 4.46. The second-order valence-corrected chi connectivity index (χ2v) is 2.11. The number of hydrogen-bond acceptors (Lipinski definition) is 2. The summed E-state index contributed by atoms with van der Waals surface area (Å²) < 4.78 is 12.4. The van der Waals surface area contributed by atoms with Gasteiger partial charge in [-0.2, -0.15) is 0 Å². The van der Waals surface area contributed by atoms with Gasteiger partial charge in [-0.3, -0.25) is 9.52 Å². The number of carbonyl (C=O) groups is 1. The Kier molecular flexibility index (Phi) is 4.16. The minimum Gasteiger partial charge on any atom is -0.278 e. The normalized spacial score (nSPS) is 13.6. The van der Waals surface area contributed by atoms with Crippen molar-refractivity contribution < 1.29 is 9.00 Å². The highest BCUT2D eigenvalue weighted by molar-refractivity contribution is 7.86. The molecule has 3 nitrogen and oxygen atoms in total. The van der Waals surface area contributed by atoms with Crippen LogP contribution in [0.25, 0.3) is 0 Å². The van der Waals surface area contributed by atoms with Crippen LogP contribution in [0.3, 0.4) is 0 Å². The molecular formula is C4H7NO2S. The van der Waals surface area contributed by atoms with Gasteiger partial charge in [-0.05, 0) is 6.92 Å². The minimum atomic E-state index is -1.32. The van der Waals surface area contributed by atoms with Gasteiger partial charge < -0.3 is 0 Å². The monoisotopic (exact) mass is 133 g/mol. The second kappa shape index (κ2) is 4.52. The topological polar surface area (TPSA) is 46.2 Å². The van der Waals surface area contributed by atoms with Gasteiger partial charge in [0.15, 0.2) is 0 Å². The van der Waals surface area contributed by atoms with Crippen LogP contribution in [0.5, 0.6) is 0 Å². The fourth-order valence-corrected chi connectivity index (χ4v) is 0.631. The van der Waals surface area contributed by atoms with E-state index >= 15 is 0 Å². The summed E-state index contributed by atoms with van der Waals surface area (Å²) in [6.07, 6.45) is 2.00. The van der Waals surface area contributed by atoms with Crippen molar-refractivity contribution in [2.24, 2.45) is 0 Å². The van der Waals surface area contributed by atoms with Crippen molar-refractivity contribution in [3.05, 3.63) is 11.5 Å². The molecule has 46 valence electrons. The molecule has 8 heavy (non-hydrogen) atoms. The van der Waals surface area contributed by atoms with Gasteiger partial charge in [-0.25, -0.2) is 4.21 Å². The molecule has 0 heterocycles. The van der Waals surface area contributed by atoms with Crippen molar-refractivity contribution in [2.75, 3.05) is 0 Å². The third kappa shape index (κ3) is 3.55. The highest BCUT2D eigenvalue weighted by Gasteiger charge is 1.82. The van der Waals surface area contributed by atoms with E-state index < -0.39 is 11.0 Å². The summed E-state index contributed by atoms with van der Waals surface area (Å²) in [7, 11) is -1.32. The smallest absolute Gasteiger partial charge is 0.219 e. The first-order chi connectivity index (χ1) is 3.81. The molecule has 0 spiro atoms. The summed E-state index contributed by atoms with van der Waals surface area (Å²) in [4.78, 5) is 9.55. The molecule has 0 radical (unpaired) electrons. The third-order valence-corrected chi connectivity index (χ3v) is 1.27. The van der Waals surface area contributed by atoms with Crippen LogP contribution in [0.4, 0.5) is 0 Å². The summed E-state index contributed by atoms with van der Waals surface area (Å²) >= 11 is 0. The summed E-state index contributed by atoms with van der Waals surface area (Å²) in [5.41, 5.74) is 0. The Morgan fingerprint density at radius 1 is 1.62 bits per heavy atom. The molecule has 0 aromatic carbocycles. The maximum atomic E-state index is 10.3. The first-order valence-corrected chi connectivity index (χ1v) is 3.25. The average Bonchev–Trinajstić information content (AvgIpc) is 1.68. The van der Waals surface area contributed by atoms with Gasteiger partial charge >= 0.3 is 0 Å². The maximum Gasteiger partial charge on any atom is 0.219 e. The lowest BCUT2D eigenvalue weighted by Gasteiger charge is -1.85. The van der Waals surface area contributed by atoms with E-state index in [4.69, 9.17) is 0 Å². The van der Waals surface area contributed by atoms with Crippen LogP contribution in [0.2, 0.25) is 0 Å². The number of rotatable bonds is 3. The van der Waals surface area contributed by atoms with Crippen molar-refractivity contribution in [3.63, 3.8) is 0 Å². The van der Waals surface area contributed by atoms with Crippen LogP contribution in [-0.4, -0.2) is 10.6 Å². The third-order valence-electron chi connectivity index (χ3n) is 0.424. The van der Waals surface area contributed by atoms with Gasteiger partial charge in [0.05, 0.1) is 0 Å². The van der Waals surface area contributed by atoms with Gasteiger partial charge in [-0.15, -0.1) is 0 Å². The molecule has 0 aromatic rings. The average molecular weight is 133 g/mol. The minimum absolute atomic E-state index is 0.399. The molecule has 4 heteroatoms. The van der Waals surface area contributed by atoms with E-state index in [1.54, 1.807) is 13.0 Å². The van der Waals surface area contributed by atoms with Crippen molar-refractivity contribution in [3.8, 4) is 0 Å². The van der Waals surface area contributed by atoms with E-state index in [-0.39, 0.29) is 0 Å². The molecule has 1 amide bonds. The van der Waals surface area contributed by atoms with Gasteiger partial charge in [0.2, 0.25) is 6.41 Å². The SMILES string of the molecule is CC=CS(=O)NC=O. The van der Waals surface area contributed by atoms with E-state index in [0.29, 0.717) is 6.41 Å². The van der Waals surface area contributed by atoms with Crippen LogP contribution in [-0.2, 0) is 15.8 Å². The fraction of sp³-hybridized carbons (Fsp3) is 0.250. The first-order valence-electron chi connectivity index (χ1n) is 2.04. The van der Waals surface area contributed by atoms with Crippen LogP contribution >= 0.6 is 0 Å². The molecule has 1 unspecified atom stereocenters. The van der Waals surface area contributed by atoms with Crippen LogP contribution < -0.4 is 4.72 Å². The summed E-state index contributed by atoms with van der Waals surface area (Å²) in [5, 5.41) is 1.38. The molecule has 0 saturated carbocycles. The predicted molar refractivity (Wildman–Crippen MR) is 32.2 cm³/mol. The number of carbonyl (C=O) groups excluding carboxylic acids is 1. The van der Waals surface area contributed by atoms with Gasteiger partial charge in [0.25, 0.3) is 0 Å². The van der Waals surface area contributed by atoms with E-state index in [0.717, 1.165) is 0 Å². The van der Waals surface area contributed by atoms with E-state index in [2.05, 4.69) is 4.72 Å². The van der Waals surface area contributed by atoms with Gasteiger partial charge in [-0.1, -0.05) is 6.08 Å². The molecule has 0 aliphatic carbocycles. The first kappa shape index (κ1) is 7.36. The van der Waals surface area contributed by atoms with E-state index in [1.165, 1.54) is 5.41 Å². The zero-order valence-corrected chi connectivity index (χ0v) is 5.27. The largest absolute Gasteiger partial charge is 0.278 e. The van der Waals surface area contributed by atoms with E-state index in [9.17, 15) is 9.00 Å². The Morgan fingerprint density at radius 3 is 2.62 bits per heavy atom. The fourth-order valence-electron chi connectivity index (χ4n) is 0.210. The number of allylic oxidation sites excluding steroid dienone is 1. The molecule has 1 atom stereocenters. The second-order valence-electron chi connectivity index (χ2n) is 1.00. The lowest BCUT2D eigenvalue weighted by molar-refractivity contribution is -0.108. The number of amides is 1. The molecule has 0 rings (SSSR count). The molecule has 0 saturated heterocycles. The highest BCUT2D eigenvalue weighted by atomic mass is 32.2. The molecular weight excluding hydrogens is 126 g/mol. The zero-order chi connectivity index (χ0) is 6.41. The molecule has 0 bridgehead atoms. The maximum absolute atomic E-state index is 10.3. The molecule has 0 aliphatic heterocycles. The summed E-state index contributed by atoms with van der Waals surface area (Å²) in [5.74, 6) is 0. The standard InChI is InChI=1S/C4H7NO2S/c1-2-3-8(7)5-4-6/h2-4H,1H3,(H,5,6). The Morgan fingerprint density at radius 2 is 2.25 bits per heavy atom. The Labute approximate surface area is 50.4 Å². The van der Waals surface area contributed by atoms with Gasteiger partial charge in [0, 0.05) is 5.41 Å². The molecule has 0 fully saturated rings. The number of hydrogen-bond donors (Lipinski definition) is 1. The molecule has 1 N–H and O–H groups in total. The van der Waals surface area contributed by atoms with Crippen molar-refractivity contribution >= 4 is 17.4 Å². The van der Waals surface area contributed by atoms with Crippen molar-refractivity contribution in [2.45, 2.75) is 6.92 Å². The molecule has 0 aliphatic rings. The highest BCUT2D eigenvalue weighted by Crippen LogP contribution is 1.73. The Bertz CT molecular complexity index is 121. The van der Waals surface area contributed by atoms with Gasteiger partial charge in [0.1, 0.15) is 11.0 Å². The Hall–Kier alpha value is -0.640.